The van der Waals surface area contributed by atoms with Crippen LogP contribution in [0.1, 0.15) is 43.2 Å². The van der Waals surface area contributed by atoms with Gasteiger partial charge in [0.25, 0.3) is 0 Å². The zero-order valence-electron chi connectivity index (χ0n) is 37.3. The zero-order valence-corrected chi connectivity index (χ0v) is 37.3. The Kier molecular flexibility index (Phi) is 7.96. The summed E-state index contributed by atoms with van der Waals surface area (Å²) in [6.07, 6.45) is 7.09. The van der Waals surface area contributed by atoms with Crippen LogP contribution in [0.3, 0.4) is 0 Å². The molecule has 5 aliphatic carbocycles. The molecule has 9 aromatic carbocycles. The zero-order chi connectivity index (χ0) is 43.8. The van der Waals surface area contributed by atoms with Crippen molar-refractivity contribution in [1.29, 1.82) is 0 Å². The number of furan rings is 1. The van der Waals surface area contributed by atoms with E-state index in [1.54, 1.807) is 11.1 Å². The Morgan fingerprint density at radius 2 is 0.955 bits per heavy atom. The van der Waals surface area contributed by atoms with Crippen LogP contribution in [0.25, 0.3) is 82.8 Å². The second kappa shape index (κ2) is 14.2. The quantitative estimate of drug-likeness (QED) is 0.166. The Morgan fingerprint density at radius 1 is 0.388 bits per heavy atom. The van der Waals surface area contributed by atoms with Gasteiger partial charge in [0.15, 0.2) is 0 Å². The number of nitrogens with zero attached hydrogens (tertiary/aromatic N) is 2. The van der Waals surface area contributed by atoms with Gasteiger partial charge < -0.3 is 13.9 Å². The normalized spacial score (nSPS) is 21.2. The van der Waals surface area contributed by atoms with E-state index in [1.165, 1.54) is 87.3 Å². The van der Waals surface area contributed by atoms with Gasteiger partial charge in [0.05, 0.1) is 11.0 Å². The first kappa shape index (κ1) is 37.6. The van der Waals surface area contributed by atoms with Crippen molar-refractivity contribution in [3.8, 4) is 39.1 Å². The average Bonchev–Trinajstić information content (AvgIpc) is 4.02. The van der Waals surface area contributed by atoms with Crippen molar-refractivity contribution in [3.63, 3.8) is 0 Å². The summed E-state index contributed by atoms with van der Waals surface area (Å²) >= 11 is 0. The molecule has 0 aliphatic heterocycles. The van der Waals surface area contributed by atoms with Crippen molar-refractivity contribution in [1.82, 2.24) is 4.57 Å². The largest absolute Gasteiger partial charge is 0.456 e. The summed E-state index contributed by atoms with van der Waals surface area (Å²) in [4.78, 5) is 2.37. The molecule has 16 rings (SSSR count). The second-order valence-electron chi connectivity index (χ2n) is 20.1. The van der Waals surface area contributed by atoms with Crippen LogP contribution in [-0.4, -0.2) is 4.57 Å². The van der Waals surface area contributed by atoms with Gasteiger partial charge in [-0.2, -0.15) is 0 Å². The molecule has 2 heterocycles. The van der Waals surface area contributed by atoms with Crippen LogP contribution in [0.5, 0.6) is 0 Å². The molecular weight excluding hydrogens is 813 g/mol. The fourth-order valence-corrected chi connectivity index (χ4v) is 14.3. The van der Waals surface area contributed by atoms with Gasteiger partial charge in [-0.3, -0.25) is 0 Å². The molecule has 67 heavy (non-hydrogen) atoms. The molecule has 4 fully saturated rings. The van der Waals surface area contributed by atoms with E-state index in [1.807, 2.05) is 0 Å². The lowest BCUT2D eigenvalue weighted by Crippen LogP contribution is -2.55. The van der Waals surface area contributed by atoms with E-state index < -0.39 is 0 Å². The Morgan fingerprint density at radius 3 is 1.69 bits per heavy atom. The van der Waals surface area contributed by atoms with Crippen LogP contribution in [0, 0.1) is 23.7 Å². The predicted octanol–water partition coefficient (Wildman–Crippen LogP) is 17.2. The molecule has 320 valence electrons. The summed E-state index contributed by atoms with van der Waals surface area (Å²) < 4.78 is 9.12. The minimum absolute atomic E-state index is 0.185. The van der Waals surface area contributed by atoms with E-state index in [2.05, 4.69) is 216 Å². The van der Waals surface area contributed by atoms with Gasteiger partial charge in [-0.15, -0.1) is 0 Å². The topological polar surface area (TPSA) is 21.3 Å². The molecule has 0 unspecified atom stereocenters. The Labute approximate surface area is 390 Å². The molecule has 0 amide bonds. The van der Waals surface area contributed by atoms with E-state index in [0.29, 0.717) is 0 Å². The monoisotopic (exact) mass is 860 g/mol. The third kappa shape index (κ3) is 5.46. The third-order valence-electron chi connectivity index (χ3n) is 16.8. The highest BCUT2D eigenvalue weighted by Crippen LogP contribution is 2.69. The molecule has 2 aromatic heterocycles. The highest BCUT2D eigenvalue weighted by molar-refractivity contribution is 6.10. The fourth-order valence-electron chi connectivity index (χ4n) is 14.3. The van der Waals surface area contributed by atoms with Crippen LogP contribution in [-0.2, 0) is 5.41 Å². The number of rotatable bonds is 6. The first-order valence-corrected chi connectivity index (χ1v) is 24.4. The number of anilines is 3. The second-order valence-corrected chi connectivity index (χ2v) is 20.1. The maximum atomic E-state index is 6.73. The molecule has 5 aliphatic rings. The maximum absolute atomic E-state index is 6.73. The molecule has 3 nitrogen and oxygen atoms in total. The molecule has 1 spiro atoms. The lowest BCUT2D eigenvalue weighted by Gasteiger charge is -2.61. The SMILES string of the molecule is c1ccc(-c2ccc(N(c3ccc(-n4c5ccccc5c5ccccc54)cc3)c3ccc4oc5cc(-c6ccc7c(c6)-c6ccccc6C76C7CC8CC(C7)CC6C8)ccc5c4c3)cc2)cc1. The van der Waals surface area contributed by atoms with Gasteiger partial charge in [-0.1, -0.05) is 121 Å². The van der Waals surface area contributed by atoms with Crippen molar-refractivity contribution < 1.29 is 4.42 Å². The third-order valence-corrected chi connectivity index (χ3v) is 16.8. The smallest absolute Gasteiger partial charge is 0.136 e. The minimum Gasteiger partial charge on any atom is -0.456 e. The lowest BCUT2D eigenvalue weighted by atomic mass is 9.43. The molecular formula is C64H48N2O. The van der Waals surface area contributed by atoms with Crippen molar-refractivity contribution in [2.24, 2.45) is 23.7 Å². The standard InChI is InChI=1S/C64H48N2O/c1-2-10-42(11-3-1)43-18-22-48(23-19-43)65(49-24-26-50(27-25-49)66-60-16-8-5-13-53(60)54-14-6-9-17-61(54)66)51-28-31-62-57(39-51)55-29-20-45(38-63(55)67-62)44-21-30-59-56(37-44)52-12-4-7-15-58(52)64(59)46-33-40-32-41(35-46)36-47(64)34-40/h1-31,37-41,46-47H,32-36H2. The first-order chi connectivity index (χ1) is 33.2. The number of hydrogen-bond donors (Lipinski definition) is 0. The number of benzene rings is 9. The summed E-state index contributed by atoms with van der Waals surface area (Å²) in [7, 11) is 0. The summed E-state index contributed by atoms with van der Waals surface area (Å²) in [5.74, 6) is 3.41. The van der Waals surface area contributed by atoms with Crippen molar-refractivity contribution in [2.45, 2.75) is 37.5 Å². The van der Waals surface area contributed by atoms with E-state index in [0.717, 1.165) is 68.4 Å². The molecule has 4 bridgehead atoms. The Bertz CT molecular complexity index is 3680. The molecule has 4 saturated carbocycles. The summed E-state index contributed by atoms with van der Waals surface area (Å²) in [5.41, 5.74) is 19.8. The summed E-state index contributed by atoms with van der Waals surface area (Å²) in [6.45, 7) is 0. The first-order valence-electron chi connectivity index (χ1n) is 24.4. The number of fused-ring (bicyclic) bond motifs is 9. The van der Waals surface area contributed by atoms with E-state index in [-0.39, 0.29) is 5.41 Å². The number of para-hydroxylation sites is 2. The van der Waals surface area contributed by atoms with Gasteiger partial charge in [-0.05, 0) is 185 Å². The number of aromatic nitrogens is 1. The Balaban J connectivity index is 0.819. The van der Waals surface area contributed by atoms with Gasteiger partial charge in [0.1, 0.15) is 11.2 Å². The predicted molar refractivity (Wildman–Crippen MR) is 277 cm³/mol. The maximum Gasteiger partial charge on any atom is 0.136 e. The highest BCUT2D eigenvalue weighted by Gasteiger charge is 2.61. The van der Waals surface area contributed by atoms with Gasteiger partial charge in [0.2, 0.25) is 0 Å². The molecule has 3 heteroatoms. The molecule has 0 N–H and O–H groups in total. The van der Waals surface area contributed by atoms with Crippen LogP contribution >= 0.6 is 0 Å². The lowest BCUT2D eigenvalue weighted by molar-refractivity contribution is -0.0399. The molecule has 11 aromatic rings. The van der Waals surface area contributed by atoms with Gasteiger partial charge in [-0.25, -0.2) is 0 Å². The van der Waals surface area contributed by atoms with Gasteiger partial charge in [0, 0.05) is 49.7 Å². The van der Waals surface area contributed by atoms with E-state index in [9.17, 15) is 0 Å². The number of hydrogen-bond acceptors (Lipinski definition) is 2. The van der Waals surface area contributed by atoms with Crippen molar-refractivity contribution in [2.75, 3.05) is 4.90 Å². The van der Waals surface area contributed by atoms with Crippen molar-refractivity contribution in [3.05, 3.63) is 217 Å². The summed E-state index contributed by atoms with van der Waals surface area (Å²) in [5, 5.41) is 4.76. The van der Waals surface area contributed by atoms with Crippen molar-refractivity contribution >= 4 is 60.8 Å². The fraction of sp³-hybridized carbons (Fsp3) is 0.156. The molecule has 0 saturated heterocycles. The molecule has 0 atom stereocenters. The van der Waals surface area contributed by atoms with E-state index in [4.69, 9.17) is 4.42 Å². The highest BCUT2D eigenvalue weighted by atomic mass is 16.3. The van der Waals surface area contributed by atoms with Crippen LogP contribution in [0.2, 0.25) is 0 Å². The summed E-state index contributed by atoms with van der Waals surface area (Å²) in [6, 6.07) is 76.4. The van der Waals surface area contributed by atoms with Crippen LogP contribution in [0.4, 0.5) is 17.1 Å². The van der Waals surface area contributed by atoms with Crippen LogP contribution < -0.4 is 4.90 Å². The van der Waals surface area contributed by atoms with Gasteiger partial charge >= 0.3 is 0 Å². The molecule has 0 radical (unpaired) electrons. The van der Waals surface area contributed by atoms with E-state index >= 15 is 0 Å². The minimum atomic E-state index is 0.185. The average molecular weight is 861 g/mol. The van der Waals surface area contributed by atoms with Crippen LogP contribution in [0.15, 0.2) is 211 Å². The Hall–Kier alpha value is -7.62.